The van der Waals surface area contributed by atoms with E-state index >= 15 is 0 Å². The fraction of sp³-hybridized carbons (Fsp3) is 1.00. The molecule has 0 spiro atoms. The van der Waals surface area contributed by atoms with Crippen molar-refractivity contribution in [2.75, 3.05) is 40.1 Å². The molecule has 0 rings (SSSR count). The molecule has 0 fully saturated rings. The number of methoxy groups -OCH3 is 1. The third kappa shape index (κ3) is 7.44. The van der Waals surface area contributed by atoms with Gasteiger partial charge >= 0.3 is 0 Å². The zero-order valence-corrected chi connectivity index (χ0v) is 9.70. The molecule has 0 aliphatic carbocycles. The predicted octanol–water partition coefficient (Wildman–Crippen LogP) is 0.726. The first-order valence-electron chi connectivity index (χ1n) is 5.09. The summed E-state index contributed by atoms with van der Waals surface area (Å²) in [6.07, 6.45) is -0.279. The fourth-order valence-electron chi connectivity index (χ4n) is 1.07. The molecule has 0 bridgehead atoms. The lowest BCUT2D eigenvalue weighted by Gasteiger charge is -2.20. The van der Waals surface area contributed by atoms with Crippen molar-refractivity contribution in [2.24, 2.45) is 5.11 Å². The number of hydrogen-bond acceptors (Lipinski definition) is 5. The third-order valence-electron chi connectivity index (χ3n) is 1.90. The maximum Gasteiger partial charge on any atom is 0.0891 e. The molecule has 2 unspecified atom stereocenters. The summed E-state index contributed by atoms with van der Waals surface area (Å²) in [5.74, 6) is 0. The van der Waals surface area contributed by atoms with Gasteiger partial charge in [0.25, 0.3) is 0 Å². The third-order valence-corrected chi connectivity index (χ3v) is 1.90. The minimum absolute atomic E-state index is 0.00335. The van der Waals surface area contributed by atoms with Crippen LogP contribution < -0.4 is 0 Å². The van der Waals surface area contributed by atoms with E-state index in [1.165, 1.54) is 0 Å². The standard InChI is InChI=1S/C9H19N3O4/c1-8(11-12-10)9(7-14-2)16-6-5-15-4-3-13/h8-9,13H,3-7H2,1-2H3. The second-order valence-electron chi connectivity index (χ2n) is 3.15. The normalized spacial score (nSPS) is 14.2. The van der Waals surface area contributed by atoms with Crippen LogP contribution in [0, 0.1) is 0 Å². The van der Waals surface area contributed by atoms with Gasteiger partial charge in [0.2, 0.25) is 0 Å². The molecule has 0 amide bonds. The topological polar surface area (TPSA) is 96.7 Å². The summed E-state index contributed by atoms with van der Waals surface area (Å²) in [4.78, 5) is 2.72. The largest absolute Gasteiger partial charge is 0.394 e. The molecule has 2 atom stereocenters. The molecule has 0 aliphatic rings. The van der Waals surface area contributed by atoms with E-state index in [0.29, 0.717) is 26.4 Å². The first kappa shape index (κ1) is 15.2. The summed E-state index contributed by atoms with van der Waals surface area (Å²) in [6.45, 7) is 3.18. The van der Waals surface area contributed by atoms with E-state index < -0.39 is 0 Å². The van der Waals surface area contributed by atoms with E-state index in [4.69, 9.17) is 24.8 Å². The number of rotatable bonds is 10. The zero-order chi connectivity index (χ0) is 12.2. The second kappa shape index (κ2) is 10.7. The lowest BCUT2D eigenvalue weighted by atomic mass is 10.2. The quantitative estimate of drug-likeness (QED) is 0.260. The Morgan fingerprint density at radius 2 is 2.12 bits per heavy atom. The van der Waals surface area contributed by atoms with Crippen LogP contribution in [0.1, 0.15) is 6.92 Å². The molecular weight excluding hydrogens is 214 g/mol. The van der Waals surface area contributed by atoms with Crippen molar-refractivity contribution in [3.63, 3.8) is 0 Å². The van der Waals surface area contributed by atoms with Gasteiger partial charge < -0.3 is 19.3 Å². The Morgan fingerprint density at radius 1 is 1.38 bits per heavy atom. The molecule has 0 aromatic carbocycles. The van der Waals surface area contributed by atoms with Crippen molar-refractivity contribution in [1.82, 2.24) is 0 Å². The lowest BCUT2D eigenvalue weighted by Crippen LogP contribution is -2.30. The van der Waals surface area contributed by atoms with E-state index in [9.17, 15) is 0 Å². The number of aliphatic hydroxyl groups excluding tert-OH is 1. The maximum absolute atomic E-state index is 8.48. The van der Waals surface area contributed by atoms with Gasteiger partial charge in [0.15, 0.2) is 0 Å². The summed E-state index contributed by atoms with van der Waals surface area (Å²) < 4.78 is 15.4. The van der Waals surface area contributed by atoms with Crippen LogP contribution in [-0.2, 0) is 14.2 Å². The minimum atomic E-state index is -0.289. The Kier molecular flexibility index (Phi) is 10.1. The summed E-state index contributed by atoms with van der Waals surface area (Å²) in [5, 5.41) is 12.0. The molecule has 1 N–H and O–H groups in total. The summed E-state index contributed by atoms with van der Waals surface area (Å²) in [6, 6.07) is -0.289. The van der Waals surface area contributed by atoms with Crippen LogP contribution in [0.5, 0.6) is 0 Å². The first-order chi connectivity index (χ1) is 7.76. The molecule has 0 radical (unpaired) electrons. The van der Waals surface area contributed by atoms with Gasteiger partial charge in [-0.05, 0) is 5.53 Å². The molecule has 7 nitrogen and oxygen atoms in total. The number of hydrogen-bond donors (Lipinski definition) is 1. The van der Waals surface area contributed by atoms with Crippen molar-refractivity contribution in [3.8, 4) is 0 Å². The Labute approximate surface area is 94.9 Å². The number of azide groups is 1. The van der Waals surface area contributed by atoms with Gasteiger partial charge in [0.1, 0.15) is 0 Å². The van der Waals surface area contributed by atoms with Crippen LogP contribution in [0.3, 0.4) is 0 Å². The molecule has 0 saturated carbocycles. The minimum Gasteiger partial charge on any atom is -0.394 e. The van der Waals surface area contributed by atoms with E-state index in [0.717, 1.165) is 0 Å². The molecule has 16 heavy (non-hydrogen) atoms. The smallest absolute Gasteiger partial charge is 0.0891 e. The zero-order valence-electron chi connectivity index (χ0n) is 9.70. The highest BCUT2D eigenvalue weighted by molar-refractivity contribution is 4.72. The maximum atomic E-state index is 8.48. The monoisotopic (exact) mass is 233 g/mol. The Balaban J connectivity index is 3.79. The van der Waals surface area contributed by atoms with Gasteiger partial charge in [-0.1, -0.05) is 12.0 Å². The molecule has 0 aliphatic heterocycles. The predicted molar refractivity (Wildman–Crippen MR) is 58.1 cm³/mol. The average Bonchev–Trinajstić information content (AvgIpc) is 2.27. The molecule has 0 saturated heterocycles. The Morgan fingerprint density at radius 3 is 2.69 bits per heavy atom. The van der Waals surface area contributed by atoms with E-state index in [1.807, 2.05) is 0 Å². The van der Waals surface area contributed by atoms with Gasteiger partial charge in [-0.15, -0.1) is 0 Å². The van der Waals surface area contributed by atoms with Crippen molar-refractivity contribution < 1.29 is 19.3 Å². The van der Waals surface area contributed by atoms with Crippen LogP contribution in [0.2, 0.25) is 0 Å². The molecular formula is C9H19N3O4. The van der Waals surface area contributed by atoms with Crippen LogP contribution in [0.25, 0.3) is 10.4 Å². The Hall–Kier alpha value is -0.850. The Bertz CT molecular complexity index is 209. The molecule has 0 aromatic heterocycles. The van der Waals surface area contributed by atoms with Crippen molar-refractivity contribution in [3.05, 3.63) is 10.4 Å². The number of ether oxygens (including phenoxy) is 3. The highest BCUT2D eigenvalue weighted by atomic mass is 16.5. The van der Waals surface area contributed by atoms with Crippen LogP contribution in [0.15, 0.2) is 5.11 Å². The van der Waals surface area contributed by atoms with E-state index in [2.05, 4.69) is 10.0 Å². The highest BCUT2D eigenvalue weighted by Crippen LogP contribution is 2.04. The molecule has 0 aromatic rings. The summed E-state index contributed by atoms with van der Waals surface area (Å²) in [5.41, 5.74) is 8.30. The number of aliphatic hydroxyl groups is 1. The van der Waals surface area contributed by atoms with Gasteiger partial charge in [-0.25, -0.2) is 0 Å². The summed E-state index contributed by atoms with van der Waals surface area (Å²) in [7, 11) is 1.56. The van der Waals surface area contributed by atoms with Crippen LogP contribution >= 0.6 is 0 Å². The average molecular weight is 233 g/mol. The van der Waals surface area contributed by atoms with E-state index in [1.54, 1.807) is 14.0 Å². The van der Waals surface area contributed by atoms with Gasteiger partial charge in [0.05, 0.1) is 45.2 Å². The fourth-order valence-corrected chi connectivity index (χ4v) is 1.07. The molecule has 7 heteroatoms. The molecule has 0 heterocycles. The lowest BCUT2D eigenvalue weighted by molar-refractivity contribution is -0.0395. The van der Waals surface area contributed by atoms with Crippen LogP contribution in [-0.4, -0.2) is 57.4 Å². The van der Waals surface area contributed by atoms with Gasteiger partial charge in [-0.2, -0.15) is 0 Å². The van der Waals surface area contributed by atoms with Gasteiger partial charge in [-0.3, -0.25) is 0 Å². The molecule has 94 valence electrons. The van der Waals surface area contributed by atoms with Crippen molar-refractivity contribution in [2.45, 2.75) is 19.1 Å². The SMILES string of the molecule is COCC(OCCOCCO)C(C)N=[N+]=[N-]. The van der Waals surface area contributed by atoms with Gasteiger partial charge in [0, 0.05) is 12.0 Å². The highest BCUT2D eigenvalue weighted by Gasteiger charge is 2.16. The van der Waals surface area contributed by atoms with Crippen molar-refractivity contribution in [1.29, 1.82) is 0 Å². The summed E-state index contributed by atoms with van der Waals surface area (Å²) >= 11 is 0. The second-order valence-corrected chi connectivity index (χ2v) is 3.15. The number of nitrogens with zero attached hydrogens (tertiary/aromatic N) is 3. The van der Waals surface area contributed by atoms with Crippen molar-refractivity contribution >= 4 is 0 Å². The van der Waals surface area contributed by atoms with Crippen LogP contribution in [0.4, 0.5) is 0 Å². The first-order valence-corrected chi connectivity index (χ1v) is 5.09. The van der Waals surface area contributed by atoms with E-state index in [-0.39, 0.29) is 18.8 Å².